The first-order chi connectivity index (χ1) is 12.5. The van der Waals surface area contributed by atoms with E-state index in [1.54, 1.807) is 36.5 Å². The molecule has 2 N–H and O–H groups in total. The number of benzene rings is 1. The number of hydrogen-bond acceptors (Lipinski definition) is 7. The maximum absolute atomic E-state index is 10.8. The molecular formula is C18H16N4O4. The van der Waals surface area contributed by atoms with E-state index < -0.39 is 5.97 Å². The summed E-state index contributed by atoms with van der Waals surface area (Å²) in [6.45, 7) is 3.44. The number of carboxylic acids is 1. The van der Waals surface area contributed by atoms with Gasteiger partial charge in [-0.05, 0) is 30.3 Å². The van der Waals surface area contributed by atoms with Gasteiger partial charge in [0.15, 0.2) is 0 Å². The Morgan fingerprint density at radius 1 is 1.31 bits per heavy atom. The molecule has 0 unspecified atom stereocenters. The topological polar surface area (TPSA) is 110 Å². The Morgan fingerprint density at radius 2 is 2.08 bits per heavy atom. The maximum atomic E-state index is 10.8. The van der Waals surface area contributed by atoms with E-state index in [1.165, 1.54) is 0 Å². The molecular weight excluding hydrogens is 336 g/mol. The lowest BCUT2D eigenvalue weighted by Gasteiger charge is -2.06. The number of pyridine rings is 1. The molecule has 0 spiro atoms. The zero-order chi connectivity index (χ0) is 18.5. The van der Waals surface area contributed by atoms with Crippen molar-refractivity contribution in [1.29, 1.82) is 0 Å². The van der Waals surface area contributed by atoms with Gasteiger partial charge < -0.3 is 19.7 Å². The molecule has 0 aliphatic heterocycles. The minimum Gasteiger partial charge on any atom is -0.478 e. The van der Waals surface area contributed by atoms with Crippen molar-refractivity contribution in [2.24, 2.45) is 0 Å². The van der Waals surface area contributed by atoms with Crippen molar-refractivity contribution in [3.8, 4) is 23.0 Å². The molecule has 1 aromatic carbocycles. The van der Waals surface area contributed by atoms with Crippen molar-refractivity contribution in [2.45, 2.75) is 6.42 Å². The summed E-state index contributed by atoms with van der Waals surface area (Å²) in [6, 6.07) is 10.7. The minimum absolute atomic E-state index is 0.00297. The van der Waals surface area contributed by atoms with Crippen LogP contribution in [0.4, 0.5) is 5.69 Å². The van der Waals surface area contributed by atoms with E-state index in [2.05, 4.69) is 27.0 Å². The van der Waals surface area contributed by atoms with E-state index in [9.17, 15) is 4.79 Å². The third kappa shape index (κ3) is 4.04. The second-order valence-corrected chi connectivity index (χ2v) is 5.36. The molecule has 0 saturated heterocycles. The Labute approximate surface area is 149 Å². The average molecular weight is 352 g/mol. The van der Waals surface area contributed by atoms with Gasteiger partial charge in [-0.1, -0.05) is 11.7 Å². The predicted octanol–water partition coefficient (Wildman–Crippen LogP) is 3.15. The van der Waals surface area contributed by atoms with Gasteiger partial charge in [0.05, 0.1) is 6.42 Å². The molecule has 0 bridgehead atoms. The summed E-state index contributed by atoms with van der Waals surface area (Å²) in [4.78, 5) is 19.1. The van der Waals surface area contributed by atoms with Crippen LogP contribution < -0.4 is 10.1 Å². The fourth-order valence-corrected chi connectivity index (χ4v) is 2.12. The van der Waals surface area contributed by atoms with Crippen molar-refractivity contribution >= 4 is 11.7 Å². The predicted molar refractivity (Wildman–Crippen MR) is 94.1 cm³/mol. The summed E-state index contributed by atoms with van der Waals surface area (Å²) in [5.74, 6) is 0.541. The van der Waals surface area contributed by atoms with Crippen LogP contribution in [0.2, 0.25) is 0 Å². The highest BCUT2D eigenvalue weighted by atomic mass is 16.5. The van der Waals surface area contributed by atoms with Crippen LogP contribution in [0.25, 0.3) is 11.4 Å². The molecule has 0 atom stereocenters. The van der Waals surface area contributed by atoms with Gasteiger partial charge in [-0.3, -0.25) is 0 Å². The Hall–Kier alpha value is -3.68. The fraction of sp³-hybridized carbons (Fsp3) is 0.111. The molecule has 26 heavy (non-hydrogen) atoms. The lowest BCUT2D eigenvalue weighted by molar-refractivity contribution is -0.132. The van der Waals surface area contributed by atoms with Crippen LogP contribution >= 0.6 is 0 Å². The van der Waals surface area contributed by atoms with Crippen LogP contribution in [0.15, 0.2) is 59.3 Å². The second-order valence-electron chi connectivity index (χ2n) is 5.36. The van der Waals surface area contributed by atoms with Crippen LogP contribution in [-0.4, -0.2) is 33.2 Å². The number of carboxylic acid groups (broad SMARTS) is 1. The zero-order valence-electron chi connectivity index (χ0n) is 14.0. The molecule has 0 amide bonds. The van der Waals surface area contributed by atoms with Crippen molar-refractivity contribution < 1.29 is 19.2 Å². The molecule has 132 valence electrons. The number of anilines is 1. The summed E-state index contributed by atoms with van der Waals surface area (Å²) in [7, 11) is 1.82. The second kappa shape index (κ2) is 7.47. The third-order valence-electron chi connectivity index (χ3n) is 3.49. The summed E-state index contributed by atoms with van der Waals surface area (Å²) in [5.41, 5.74) is 1.60. The number of aliphatic carboxylic acids is 1. The molecule has 2 heterocycles. The SMILES string of the molecule is C=C(Cc1nc(-c2ccc(Oc3cc(NC)ccn3)cc2)no1)C(=O)O. The molecule has 0 radical (unpaired) electrons. The molecule has 3 aromatic rings. The number of nitrogens with one attached hydrogen (secondary N) is 1. The lowest BCUT2D eigenvalue weighted by atomic mass is 10.2. The largest absolute Gasteiger partial charge is 0.478 e. The third-order valence-corrected chi connectivity index (χ3v) is 3.49. The van der Waals surface area contributed by atoms with E-state index in [1.807, 2.05) is 13.1 Å². The molecule has 0 aliphatic carbocycles. The number of aromatic nitrogens is 3. The monoisotopic (exact) mass is 352 g/mol. The van der Waals surface area contributed by atoms with Gasteiger partial charge in [0, 0.05) is 36.1 Å². The Kier molecular flexibility index (Phi) is 4.93. The highest BCUT2D eigenvalue weighted by molar-refractivity contribution is 5.86. The summed E-state index contributed by atoms with van der Waals surface area (Å²) < 4.78 is 10.8. The molecule has 3 rings (SSSR count). The van der Waals surface area contributed by atoms with Gasteiger partial charge in [-0.25, -0.2) is 9.78 Å². The van der Waals surface area contributed by atoms with Gasteiger partial charge >= 0.3 is 5.97 Å². The summed E-state index contributed by atoms with van der Waals surface area (Å²) in [5, 5.41) is 15.7. The summed E-state index contributed by atoms with van der Waals surface area (Å²) >= 11 is 0. The number of hydrogen-bond donors (Lipinski definition) is 2. The maximum Gasteiger partial charge on any atom is 0.331 e. The smallest absolute Gasteiger partial charge is 0.331 e. The Morgan fingerprint density at radius 3 is 2.77 bits per heavy atom. The van der Waals surface area contributed by atoms with Crippen molar-refractivity contribution in [2.75, 3.05) is 12.4 Å². The molecule has 0 aliphatic rings. The van der Waals surface area contributed by atoms with Gasteiger partial charge in [0.25, 0.3) is 0 Å². The van der Waals surface area contributed by atoms with Gasteiger partial charge in [0.1, 0.15) is 5.75 Å². The van der Waals surface area contributed by atoms with Crippen LogP contribution in [0.5, 0.6) is 11.6 Å². The van der Waals surface area contributed by atoms with Crippen LogP contribution in [0, 0.1) is 0 Å². The number of rotatable bonds is 7. The van der Waals surface area contributed by atoms with E-state index in [0.29, 0.717) is 23.0 Å². The quantitative estimate of drug-likeness (QED) is 0.624. The number of carbonyl (C=O) groups is 1. The average Bonchev–Trinajstić information content (AvgIpc) is 3.11. The van der Waals surface area contributed by atoms with Gasteiger partial charge in [0.2, 0.25) is 17.6 Å². The highest BCUT2D eigenvalue weighted by Gasteiger charge is 2.13. The standard InChI is InChI=1S/C18H16N4O4/c1-11(18(23)24)9-16-21-17(22-26-16)12-3-5-14(6-4-12)25-15-10-13(19-2)7-8-20-15/h3-8,10H,1,9H2,2H3,(H,19,20)(H,23,24). The van der Waals surface area contributed by atoms with E-state index in [4.69, 9.17) is 14.4 Å². The fourth-order valence-electron chi connectivity index (χ4n) is 2.12. The minimum atomic E-state index is -1.10. The lowest BCUT2D eigenvalue weighted by Crippen LogP contribution is -2.02. The van der Waals surface area contributed by atoms with E-state index in [0.717, 1.165) is 5.69 Å². The van der Waals surface area contributed by atoms with Crippen LogP contribution in [0.1, 0.15) is 5.89 Å². The van der Waals surface area contributed by atoms with Gasteiger partial charge in [-0.15, -0.1) is 0 Å². The normalized spacial score (nSPS) is 10.3. The van der Waals surface area contributed by atoms with E-state index >= 15 is 0 Å². The molecule has 2 aromatic heterocycles. The number of nitrogens with zero attached hydrogens (tertiary/aromatic N) is 3. The van der Waals surface area contributed by atoms with Crippen LogP contribution in [-0.2, 0) is 11.2 Å². The van der Waals surface area contributed by atoms with Crippen molar-refractivity contribution in [3.63, 3.8) is 0 Å². The Balaban J connectivity index is 1.70. The first-order valence-corrected chi connectivity index (χ1v) is 7.71. The first kappa shape index (κ1) is 17.2. The molecule has 0 saturated carbocycles. The molecule has 8 heteroatoms. The Bertz CT molecular complexity index is 934. The van der Waals surface area contributed by atoms with Crippen LogP contribution in [0.3, 0.4) is 0 Å². The zero-order valence-corrected chi connectivity index (χ0v) is 14.0. The molecule has 8 nitrogen and oxygen atoms in total. The van der Waals surface area contributed by atoms with Crippen molar-refractivity contribution in [3.05, 3.63) is 60.6 Å². The number of ether oxygens (including phenoxy) is 1. The molecule has 0 fully saturated rings. The highest BCUT2D eigenvalue weighted by Crippen LogP contribution is 2.25. The summed E-state index contributed by atoms with van der Waals surface area (Å²) in [6.07, 6.45) is 1.65. The first-order valence-electron chi connectivity index (χ1n) is 7.71. The van der Waals surface area contributed by atoms with E-state index in [-0.39, 0.29) is 17.9 Å². The van der Waals surface area contributed by atoms with Gasteiger partial charge in [-0.2, -0.15) is 4.98 Å². The van der Waals surface area contributed by atoms with Crippen molar-refractivity contribution in [1.82, 2.24) is 15.1 Å².